The SMILES string of the molecule is COC(=O)[C@@H]1CCCN1N(C)C. The number of hydrogen-bond donors (Lipinski definition) is 0. The van der Waals surface area contributed by atoms with E-state index in [1.54, 1.807) is 0 Å². The highest BCUT2D eigenvalue weighted by Gasteiger charge is 2.32. The van der Waals surface area contributed by atoms with Crippen LogP contribution in [-0.2, 0) is 9.53 Å². The fraction of sp³-hybridized carbons (Fsp3) is 0.875. The second-order valence-corrected chi connectivity index (χ2v) is 3.19. The highest BCUT2D eigenvalue weighted by molar-refractivity contribution is 5.75. The van der Waals surface area contributed by atoms with Gasteiger partial charge in [-0.25, -0.2) is 10.0 Å². The Morgan fingerprint density at radius 2 is 2.25 bits per heavy atom. The number of esters is 1. The molecule has 0 radical (unpaired) electrons. The van der Waals surface area contributed by atoms with Crippen molar-refractivity contribution in [2.75, 3.05) is 27.7 Å². The van der Waals surface area contributed by atoms with Crippen LogP contribution in [0.15, 0.2) is 0 Å². The van der Waals surface area contributed by atoms with Gasteiger partial charge in [-0.1, -0.05) is 0 Å². The number of carbonyl (C=O) groups is 1. The van der Waals surface area contributed by atoms with Gasteiger partial charge in [0, 0.05) is 20.6 Å². The first-order valence-corrected chi connectivity index (χ1v) is 4.18. The maximum Gasteiger partial charge on any atom is 0.324 e. The molecule has 0 spiro atoms. The number of rotatable bonds is 2. The third-order valence-corrected chi connectivity index (χ3v) is 2.21. The molecule has 0 amide bonds. The normalized spacial score (nSPS) is 24.8. The molecule has 4 heteroatoms. The lowest BCUT2D eigenvalue weighted by molar-refractivity contribution is -0.151. The first kappa shape index (κ1) is 9.48. The van der Waals surface area contributed by atoms with Gasteiger partial charge >= 0.3 is 5.97 Å². The zero-order chi connectivity index (χ0) is 9.14. The Kier molecular flexibility index (Phi) is 3.05. The van der Waals surface area contributed by atoms with Crippen LogP contribution in [0.4, 0.5) is 0 Å². The van der Waals surface area contributed by atoms with E-state index in [-0.39, 0.29) is 12.0 Å². The quantitative estimate of drug-likeness (QED) is 0.553. The second-order valence-electron chi connectivity index (χ2n) is 3.19. The highest BCUT2D eigenvalue weighted by Crippen LogP contribution is 2.18. The molecule has 1 atom stereocenters. The number of nitrogens with zero attached hydrogens (tertiary/aromatic N) is 2. The first-order valence-electron chi connectivity index (χ1n) is 4.18. The number of ether oxygens (including phenoxy) is 1. The summed E-state index contributed by atoms with van der Waals surface area (Å²) in [6, 6.07) is -0.0648. The molecule has 0 aliphatic carbocycles. The number of methoxy groups -OCH3 is 1. The minimum absolute atomic E-state index is 0.0648. The van der Waals surface area contributed by atoms with Gasteiger partial charge in [-0.3, -0.25) is 4.79 Å². The summed E-state index contributed by atoms with van der Waals surface area (Å²) >= 11 is 0. The van der Waals surface area contributed by atoms with Crippen LogP contribution >= 0.6 is 0 Å². The Labute approximate surface area is 73.1 Å². The Balaban J connectivity index is 2.57. The molecule has 0 aromatic carbocycles. The highest BCUT2D eigenvalue weighted by atomic mass is 16.5. The van der Waals surface area contributed by atoms with E-state index in [1.807, 2.05) is 24.1 Å². The molecule has 1 aliphatic rings. The van der Waals surface area contributed by atoms with Crippen molar-refractivity contribution in [3.05, 3.63) is 0 Å². The van der Waals surface area contributed by atoms with E-state index in [9.17, 15) is 4.79 Å². The molecule has 0 saturated carbocycles. The zero-order valence-corrected chi connectivity index (χ0v) is 7.91. The van der Waals surface area contributed by atoms with Gasteiger partial charge in [0.25, 0.3) is 0 Å². The van der Waals surface area contributed by atoms with Crippen LogP contribution in [0.2, 0.25) is 0 Å². The second kappa shape index (κ2) is 3.87. The van der Waals surface area contributed by atoms with Gasteiger partial charge < -0.3 is 4.74 Å². The molecule has 0 aromatic rings. The first-order chi connectivity index (χ1) is 5.66. The number of hydrazine groups is 1. The lowest BCUT2D eigenvalue weighted by Crippen LogP contribution is -2.44. The largest absolute Gasteiger partial charge is 0.468 e. The van der Waals surface area contributed by atoms with Crippen molar-refractivity contribution in [2.45, 2.75) is 18.9 Å². The van der Waals surface area contributed by atoms with Crippen molar-refractivity contribution in [2.24, 2.45) is 0 Å². The minimum atomic E-state index is -0.124. The number of carbonyl (C=O) groups excluding carboxylic acids is 1. The molecule has 0 aromatic heterocycles. The predicted octanol–water partition coefficient (Wildman–Crippen LogP) is 0.100. The maximum atomic E-state index is 11.2. The van der Waals surface area contributed by atoms with Crippen LogP contribution in [0.1, 0.15) is 12.8 Å². The smallest absolute Gasteiger partial charge is 0.324 e. The van der Waals surface area contributed by atoms with Crippen molar-refractivity contribution in [1.29, 1.82) is 0 Å². The van der Waals surface area contributed by atoms with E-state index in [2.05, 4.69) is 0 Å². The molecule has 1 rings (SSSR count). The van der Waals surface area contributed by atoms with E-state index in [0.29, 0.717) is 0 Å². The fourth-order valence-electron chi connectivity index (χ4n) is 1.61. The van der Waals surface area contributed by atoms with Crippen LogP contribution in [-0.4, -0.2) is 49.8 Å². The van der Waals surface area contributed by atoms with Gasteiger partial charge in [-0.2, -0.15) is 0 Å². The summed E-state index contributed by atoms with van der Waals surface area (Å²) in [4.78, 5) is 11.2. The van der Waals surface area contributed by atoms with E-state index in [4.69, 9.17) is 4.74 Å². The molecule has 1 aliphatic heterocycles. The fourth-order valence-corrected chi connectivity index (χ4v) is 1.61. The van der Waals surface area contributed by atoms with Crippen molar-refractivity contribution >= 4 is 5.97 Å². The van der Waals surface area contributed by atoms with Crippen LogP contribution in [0.3, 0.4) is 0 Å². The molecule has 0 unspecified atom stereocenters. The molecular formula is C8H16N2O2. The Morgan fingerprint density at radius 1 is 1.58 bits per heavy atom. The van der Waals surface area contributed by atoms with Crippen LogP contribution < -0.4 is 0 Å². The molecule has 70 valence electrons. The Hall–Kier alpha value is -0.610. The van der Waals surface area contributed by atoms with Gasteiger partial charge in [-0.15, -0.1) is 0 Å². The molecule has 0 bridgehead atoms. The van der Waals surface area contributed by atoms with Crippen molar-refractivity contribution < 1.29 is 9.53 Å². The molecule has 4 nitrogen and oxygen atoms in total. The molecule has 1 fully saturated rings. The average Bonchev–Trinajstić information content (AvgIpc) is 2.50. The van der Waals surface area contributed by atoms with Crippen molar-refractivity contribution in [3.8, 4) is 0 Å². The lowest BCUT2D eigenvalue weighted by Gasteiger charge is -2.28. The van der Waals surface area contributed by atoms with E-state index in [1.165, 1.54) is 7.11 Å². The van der Waals surface area contributed by atoms with Crippen LogP contribution in [0.25, 0.3) is 0 Å². The molecule has 1 heterocycles. The van der Waals surface area contributed by atoms with Gasteiger partial charge in [0.05, 0.1) is 7.11 Å². The van der Waals surface area contributed by atoms with E-state index >= 15 is 0 Å². The van der Waals surface area contributed by atoms with Crippen molar-refractivity contribution in [3.63, 3.8) is 0 Å². The summed E-state index contributed by atoms with van der Waals surface area (Å²) in [5.41, 5.74) is 0. The third-order valence-electron chi connectivity index (χ3n) is 2.21. The molecular weight excluding hydrogens is 156 g/mol. The topological polar surface area (TPSA) is 32.8 Å². The number of hydrogen-bond acceptors (Lipinski definition) is 4. The van der Waals surface area contributed by atoms with Gasteiger partial charge in [-0.05, 0) is 12.8 Å². The van der Waals surface area contributed by atoms with Crippen LogP contribution in [0.5, 0.6) is 0 Å². The summed E-state index contributed by atoms with van der Waals surface area (Å²) < 4.78 is 4.71. The zero-order valence-electron chi connectivity index (χ0n) is 7.91. The third kappa shape index (κ3) is 1.76. The van der Waals surface area contributed by atoms with Crippen molar-refractivity contribution in [1.82, 2.24) is 10.0 Å². The van der Waals surface area contributed by atoms with Gasteiger partial charge in [0.2, 0.25) is 0 Å². The summed E-state index contributed by atoms with van der Waals surface area (Å²) in [5.74, 6) is -0.124. The standard InChI is InChI=1S/C8H16N2O2/c1-9(2)10-6-4-5-7(10)8(11)12-3/h7H,4-6H2,1-3H3/t7-/m0/s1. The summed E-state index contributed by atoms with van der Waals surface area (Å²) in [6.07, 6.45) is 1.98. The van der Waals surface area contributed by atoms with Gasteiger partial charge in [0.1, 0.15) is 6.04 Å². The van der Waals surface area contributed by atoms with E-state index in [0.717, 1.165) is 19.4 Å². The predicted molar refractivity (Wildman–Crippen MR) is 45.4 cm³/mol. The molecule has 1 saturated heterocycles. The summed E-state index contributed by atoms with van der Waals surface area (Å²) in [5, 5.41) is 3.99. The molecule has 0 N–H and O–H groups in total. The maximum absolute atomic E-state index is 11.2. The average molecular weight is 172 g/mol. The summed E-state index contributed by atoms with van der Waals surface area (Å²) in [6.45, 7) is 0.951. The Morgan fingerprint density at radius 3 is 2.75 bits per heavy atom. The summed E-state index contributed by atoms with van der Waals surface area (Å²) in [7, 11) is 5.33. The minimum Gasteiger partial charge on any atom is -0.468 e. The molecule has 12 heavy (non-hydrogen) atoms. The van der Waals surface area contributed by atoms with Crippen LogP contribution in [0, 0.1) is 0 Å². The van der Waals surface area contributed by atoms with E-state index < -0.39 is 0 Å². The monoisotopic (exact) mass is 172 g/mol. The lowest BCUT2D eigenvalue weighted by atomic mass is 10.2. The van der Waals surface area contributed by atoms with Gasteiger partial charge in [0.15, 0.2) is 0 Å². The Bertz CT molecular complexity index is 170.